The van der Waals surface area contributed by atoms with Gasteiger partial charge in [-0.3, -0.25) is 19.2 Å². The number of amides is 3. The average molecular weight is 646 g/mol. The van der Waals surface area contributed by atoms with E-state index in [2.05, 4.69) is 18.5 Å². The molecule has 11 heteroatoms. The number of hydrogen-bond acceptors (Lipinski definition) is 8. The van der Waals surface area contributed by atoms with Crippen LogP contribution in [0.1, 0.15) is 44.2 Å². The minimum absolute atomic E-state index is 0.0963. The number of carbonyl (C=O) groups excluding carboxylic acids is 4. The van der Waals surface area contributed by atoms with E-state index in [1.807, 2.05) is 30.3 Å². The predicted molar refractivity (Wildman–Crippen MR) is 174 cm³/mol. The number of nitrogens with zero attached hydrogens (tertiary/aromatic N) is 2. The zero-order valence-corrected chi connectivity index (χ0v) is 26.9. The highest BCUT2D eigenvalue weighted by Crippen LogP contribution is 2.59. The zero-order valence-electron chi connectivity index (χ0n) is 26.9. The van der Waals surface area contributed by atoms with Gasteiger partial charge in [0.1, 0.15) is 24.0 Å². The largest absolute Gasteiger partial charge is 0.497 e. The molecule has 3 aliphatic rings. The first-order chi connectivity index (χ1) is 22.7. The molecule has 3 aliphatic heterocycles. The highest BCUT2D eigenvalue weighted by Gasteiger charge is 2.75. The van der Waals surface area contributed by atoms with E-state index in [0.717, 1.165) is 5.56 Å². The number of aliphatic hydroxyl groups is 1. The summed E-state index contributed by atoms with van der Waals surface area (Å²) in [5.74, 6) is -2.85. The molecule has 2 aromatic rings. The van der Waals surface area contributed by atoms with Gasteiger partial charge in [-0.15, -0.1) is 13.2 Å². The summed E-state index contributed by atoms with van der Waals surface area (Å²) in [5.41, 5.74) is 0.0436. The molecule has 3 saturated heterocycles. The summed E-state index contributed by atoms with van der Waals surface area (Å²) in [7, 11) is 1.55. The fraction of sp³-hybridized carbons (Fsp3) is 0.444. The van der Waals surface area contributed by atoms with Crippen molar-refractivity contribution in [3.8, 4) is 5.75 Å². The van der Waals surface area contributed by atoms with Crippen molar-refractivity contribution in [1.82, 2.24) is 10.2 Å². The number of benzene rings is 2. The van der Waals surface area contributed by atoms with Crippen LogP contribution in [0.4, 0.5) is 5.69 Å². The molecule has 2 bridgehead atoms. The standard InChI is InChI=1S/C36H43N3O8/c1-5-7-13-29(41)46-22-27(24-11-9-8-10-12-24)37-33(42)30-28-18-19-36(47-28)31(30)34(43)39(23(3)21-40)32(36)35(44)38(20-6-2)25-14-16-26(45-4)17-15-25/h5-6,8-12,14-17,23,27-28,30-32,40H,1-2,7,13,18-22H2,3-4H3,(H,37,42)/t23-,27+,28-,30+,31+,32-,36+/m1/s1. The summed E-state index contributed by atoms with van der Waals surface area (Å²) in [6, 6.07) is 13.7. The number of nitrogens with one attached hydrogen (secondary N) is 1. The Morgan fingerprint density at radius 3 is 2.51 bits per heavy atom. The second-order valence-electron chi connectivity index (χ2n) is 12.3. The zero-order chi connectivity index (χ0) is 33.7. The minimum atomic E-state index is -1.27. The summed E-state index contributed by atoms with van der Waals surface area (Å²) in [4.78, 5) is 58.4. The molecule has 47 heavy (non-hydrogen) atoms. The minimum Gasteiger partial charge on any atom is -0.497 e. The number of hydrogen-bond donors (Lipinski definition) is 2. The van der Waals surface area contributed by atoms with Gasteiger partial charge in [0.05, 0.1) is 43.7 Å². The average Bonchev–Trinajstić information content (AvgIpc) is 3.75. The maximum Gasteiger partial charge on any atom is 0.306 e. The predicted octanol–water partition coefficient (Wildman–Crippen LogP) is 3.34. The molecule has 0 saturated carbocycles. The summed E-state index contributed by atoms with van der Waals surface area (Å²) in [6.07, 6.45) is 4.16. The lowest BCUT2D eigenvalue weighted by molar-refractivity contribution is -0.146. The fourth-order valence-corrected chi connectivity index (χ4v) is 7.24. The van der Waals surface area contributed by atoms with Crippen molar-refractivity contribution in [2.24, 2.45) is 11.8 Å². The van der Waals surface area contributed by atoms with Crippen molar-refractivity contribution in [3.05, 3.63) is 85.5 Å². The third-order valence-electron chi connectivity index (χ3n) is 9.46. The highest BCUT2D eigenvalue weighted by atomic mass is 16.5. The monoisotopic (exact) mass is 645 g/mol. The fourth-order valence-electron chi connectivity index (χ4n) is 7.24. The van der Waals surface area contributed by atoms with Gasteiger partial charge in [-0.1, -0.05) is 42.5 Å². The molecule has 250 valence electrons. The van der Waals surface area contributed by atoms with E-state index in [4.69, 9.17) is 14.2 Å². The van der Waals surface area contributed by atoms with Crippen LogP contribution in [0.3, 0.4) is 0 Å². The molecule has 7 atom stereocenters. The molecule has 5 rings (SSSR count). The SMILES string of the molecule is C=CCCC(=O)OC[C@H](NC(=O)[C@@H]1[C@H]2C(=O)N([C@H](C)CO)[C@H](C(=O)N(CC=C)c3ccc(OC)cc3)[C@]23CC[C@H]1O3)c1ccccc1. The number of aliphatic hydroxyl groups excluding tert-OH is 1. The van der Waals surface area contributed by atoms with E-state index in [9.17, 15) is 24.3 Å². The Labute approximate surface area is 275 Å². The summed E-state index contributed by atoms with van der Waals surface area (Å²) in [5, 5.41) is 13.2. The first-order valence-corrected chi connectivity index (χ1v) is 16.0. The van der Waals surface area contributed by atoms with Crippen LogP contribution in [0.5, 0.6) is 5.75 Å². The van der Waals surface area contributed by atoms with Crippen LogP contribution in [0.25, 0.3) is 0 Å². The number of allylic oxidation sites excluding steroid dienone is 1. The van der Waals surface area contributed by atoms with Crippen LogP contribution in [0, 0.1) is 11.8 Å². The van der Waals surface area contributed by atoms with E-state index >= 15 is 0 Å². The summed E-state index contributed by atoms with van der Waals surface area (Å²) < 4.78 is 17.4. The van der Waals surface area contributed by atoms with Crippen LogP contribution in [0.15, 0.2) is 79.9 Å². The van der Waals surface area contributed by atoms with Crippen LogP contribution < -0.4 is 15.0 Å². The lowest BCUT2D eigenvalue weighted by Crippen LogP contribution is -2.58. The van der Waals surface area contributed by atoms with Crippen molar-refractivity contribution in [2.45, 2.75) is 62.4 Å². The Balaban J connectivity index is 1.45. The normalized spacial score (nSPS) is 25.4. The Morgan fingerprint density at radius 2 is 1.87 bits per heavy atom. The van der Waals surface area contributed by atoms with E-state index in [1.165, 1.54) is 9.80 Å². The van der Waals surface area contributed by atoms with Gasteiger partial charge in [-0.25, -0.2) is 0 Å². The van der Waals surface area contributed by atoms with Crippen LogP contribution >= 0.6 is 0 Å². The van der Waals surface area contributed by atoms with Gasteiger partial charge in [-0.2, -0.15) is 0 Å². The number of anilines is 1. The van der Waals surface area contributed by atoms with Crippen molar-refractivity contribution < 1.29 is 38.5 Å². The van der Waals surface area contributed by atoms with Crippen molar-refractivity contribution in [3.63, 3.8) is 0 Å². The number of fused-ring (bicyclic) bond motifs is 1. The molecule has 11 nitrogen and oxygen atoms in total. The molecule has 1 spiro atoms. The molecule has 0 aromatic heterocycles. The van der Waals surface area contributed by atoms with Crippen LogP contribution in [-0.2, 0) is 28.7 Å². The van der Waals surface area contributed by atoms with Crippen molar-refractivity contribution in [2.75, 3.05) is 31.8 Å². The van der Waals surface area contributed by atoms with E-state index in [1.54, 1.807) is 50.5 Å². The molecule has 3 heterocycles. The smallest absolute Gasteiger partial charge is 0.306 e. The Morgan fingerprint density at radius 1 is 1.15 bits per heavy atom. The van der Waals surface area contributed by atoms with Gasteiger partial charge in [0.15, 0.2) is 0 Å². The second-order valence-corrected chi connectivity index (χ2v) is 12.3. The lowest BCUT2D eigenvalue weighted by Gasteiger charge is -2.38. The molecule has 3 fully saturated rings. The topological polar surface area (TPSA) is 135 Å². The van der Waals surface area contributed by atoms with Crippen molar-refractivity contribution >= 4 is 29.4 Å². The number of ether oxygens (including phenoxy) is 3. The lowest BCUT2D eigenvalue weighted by atomic mass is 9.70. The maximum atomic E-state index is 14.6. The van der Waals surface area contributed by atoms with Crippen LogP contribution in [0.2, 0.25) is 0 Å². The van der Waals surface area contributed by atoms with E-state index in [0.29, 0.717) is 30.7 Å². The first-order valence-electron chi connectivity index (χ1n) is 16.0. The van der Waals surface area contributed by atoms with Crippen molar-refractivity contribution in [1.29, 1.82) is 0 Å². The summed E-state index contributed by atoms with van der Waals surface area (Å²) in [6.45, 7) is 8.83. The van der Waals surface area contributed by atoms with Gasteiger partial charge in [-0.05, 0) is 56.0 Å². The first kappa shape index (κ1) is 33.9. The Hall–Kier alpha value is -4.48. The quantitative estimate of drug-likeness (QED) is 0.223. The summed E-state index contributed by atoms with van der Waals surface area (Å²) >= 11 is 0. The van der Waals surface area contributed by atoms with E-state index < -0.39 is 59.5 Å². The highest BCUT2D eigenvalue weighted by molar-refractivity contribution is 6.05. The van der Waals surface area contributed by atoms with Gasteiger partial charge < -0.3 is 34.4 Å². The number of carbonyl (C=O) groups is 4. The molecule has 0 unspecified atom stereocenters. The second kappa shape index (κ2) is 14.5. The number of esters is 1. The molecular weight excluding hydrogens is 602 g/mol. The number of rotatable bonds is 15. The van der Waals surface area contributed by atoms with E-state index in [-0.39, 0.29) is 32.1 Å². The molecular formula is C36H43N3O8. The molecule has 3 amide bonds. The van der Waals surface area contributed by atoms with Gasteiger partial charge >= 0.3 is 5.97 Å². The van der Waals surface area contributed by atoms with Crippen LogP contribution in [-0.4, -0.2) is 84.4 Å². The number of methoxy groups -OCH3 is 1. The molecule has 0 radical (unpaired) electrons. The van der Waals surface area contributed by atoms with Gasteiger partial charge in [0.25, 0.3) is 5.91 Å². The molecule has 2 N–H and O–H groups in total. The third kappa shape index (κ3) is 6.42. The Kier molecular flexibility index (Phi) is 10.5. The molecule has 0 aliphatic carbocycles. The van der Waals surface area contributed by atoms with Gasteiger partial charge in [0, 0.05) is 18.7 Å². The number of likely N-dealkylation sites (tertiary alicyclic amines) is 1. The maximum absolute atomic E-state index is 14.6. The molecule has 2 aromatic carbocycles. The van der Waals surface area contributed by atoms with Gasteiger partial charge in [0.2, 0.25) is 11.8 Å². The third-order valence-corrected chi connectivity index (χ3v) is 9.46. The Bertz CT molecular complexity index is 1480.